The van der Waals surface area contributed by atoms with Crippen LogP contribution in [0.1, 0.15) is 140 Å². The lowest BCUT2D eigenvalue weighted by Crippen LogP contribution is -2.19. The number of hydrogen-bond acceptors (Lipinski definition) is 3. The highest BCUT2D eigenvalue weighted by Gasteiger charge is 2.44. The number of phosphoric ester groups is 1. The molecule has 2 atom stereocenters. The first-order valence-corrected chi connectivity index (χ1v) is 28.3. The Morgan fingerprint density at radius 3 is 1.30 bits per heavy atom. The molecule has 4 aliphatic rings. The van der Waals surface area contributed by atoms with Crippen molar-refractivity contribution in [2.75, 3.05) is 0 Å². The summed E-state index contributed by atoms with van der Waals surface area (Å²) in [5.74, 6) is 0.730. The number of fused-ring (bicyclic) bond motifs is 5. The number of hydrogen-bond donors (Lipinski definition) is 1. The molecule has 0 amide bonds. The van der Waals surface area contributed by atoms with Gasteiger partial charge >= 0.3 is 7.82 Å². The molecule has 1 aliphatic heterocycles. The Hall–Kier alpha value is -6.19. The maximum absolute atomic E-state index is 15.3. The molecular weight excluding hydrogens is 912 g/mol. The number of rotatable bonds is 6. The fourth-order valence-electron chi connectivity index (χ4n) is 14.3. The van der Waals surface area contributed by atoms with Gasteiger partial charge in [-0.3, -0.25) is 4.89 Å². The molecule has 0 saturated carbocycles. The van der Waals surface area contributed by atoms with Gasteiger partial charge < -0.3 is 9.05 Å². The van der Waals surface area contributed by atoms with E-state index in [-0.39, 0.29) is 5.92 Å². The normalized spacial score (nSPS) is 18.3. The Kier molecular flexibility index (Phi) is 12.5. The van der Waals surface area contributed by atoms with Crippen molar-refractivity contribution in [2.24, 2.45) is 0 Å². The van der Waals surface area contributed by atoms with Crippen molar-refractivity contribution in [3.63, 3.8) is 0 Å². The monoisotopic (exact) mass is 983 g/mol. The van der Waals surface area contributed by atoms with Crippen molar-refractivity contribution in [3.05, 3.63) is 197 Å². The van der Waals surface area contributed by atoms with Crippen molar-refractivity contribution in [3.8, 4) is 61.4 Å². The molecule has 1 N–H and O–H groups in total. The van der Waals surface area contributed by atoms with Gasteiger partial charge in [-0.1, -0.05) is 88.5 Å². The van der Waals surface area contributed by atoms with E-state index < -0.39 is 7.82 Å². The van der Waals surface area contributed by atoms with E-state index in [1.807, 2.05) is 0 Å². The summed E-state index contributed by atoms with van der Waals surface area (Å²) in [4.78, 5) is 12.5. The highest BCUT2D eigenvalue weighted by molar-refractivity contribution is 7.48. The van der Waals surface area contributed by atoms with Crippen LogP contribution in [0.3, 0.4) is 0 Å². The zero-order chi connectivity index (χ0) is 51.4. The molecule has 0 saturated heterocycles. The van der Waals surface area contributed by atoms with Gasteiger partial charge in [0.15, 0.2) is 0 Å². The van der Waals surface area contributed by atoms with Crippen LogP contribution in [-0.4, -0.2) is 4.89 Å². The van der Waals surface area contributed by atoms with E-state index in [1.54, 1.807) is 0 Å². The maximum Gasteiger partial charge on any atom is 0.584 e. The van der Waals surface area contributed by atoms with Gasteiger partial charge in [0, 0.05) is 22.6 Å². The lowest BCUT2D eigenvalue weighted by Gasteiger charge is -2.35. The average Bonchev–Trinajstić information content (AvgIpc) is 3.43. The van der Waals surface area contributed by atoms with Gasteiger partial charge in [0.1, 0.15) is 11.5 Å². The molecule has 7 aromatic rings. The average molecular weight is 983 g/mol. The Morgan fingerprint density at radius 2 is 0.836 bits per heavy atom. The zero-order valence-corrected chi connectivity index (χ0v) is 46.1. The van der Waals surface area contributed by atoms with Crippen LogP contribution < -0.4 is 4.52 Å². The number of benzene rings is 7. The second kappa shape index (κ2) is 18.6. The third-order valence-corrected chi connectivity index (χ3v) is 17.5. The molecule has 0 radical (unpaired) electrons. The van der Waals surface area contributed by atoms with Gasteiger partial charge in [-0.15, -0.1) is 0 Å². The SMILES string of the molecule is Cc1cc(C)c(-c2cc(-c3cc4c(c5c3OP(=O)(O)OC3=C5C5=C(CCCC5)CC3c3cc(-c5c(C)cc(C)cc5C)cc(-c5c(C)cc(C)cc5C)c3)CCCC4)cc(-c3c(C)cc(C)cc3C)c2)c(C)c1. The largest absolute Gasteiger partial charge is 0.584 e. The van der Waals surface area contributed by atoms with Crippen molar-refractivity contribution in [2.45, 2.75) is 147 Å². The quantitative estimate of drug-likeness (QED) is 0.169. The summed E-state index contributed by atoms with van der Waals surface area (Å²) < 4.78 is 28.8. The van der Waals surface area contributed by atoms with Crippen LogP contribution in [0.2, 0.25) is 0 Å². The van der Waals surface area contributed by atoms with Crippen LogP contribution in [0.15, 0.2) is 108 Å². The molecule has 7 aromatic carbocycles. The lowest BCUT2D eigenvalue weighted by atomic mass is 9.70. The summed E-state index contributed by atoms with van der Waals surface area (Å²) in [6.07, 6.45) is 8.72. The van der Waals surface area contributed by atoms with Gasteiger partial charge in [-0.05, 0) is 288 Å². The third kappa shape index (κ3) is 8.87. The molecule has 2 unspecified atom stereocenters. The zero-order valence-electron chi connectivity index (χ0n) is 45.2. The van der Waals surface area contributed by atoms with Gasteiger partial charge in [0.25, 0.3) is 0 Å². The van der Waals surface area contributed by atoms with Crippen LogP contribution in [-0.2, 0) is 21.9 Å². The lowest BCUT2D eigenvalue weighted by molar-refractivity contribution is 0.241. The summed E-state index contributed by atoms with van der Waals surface area (Å²) in [7, 11) is -4.78. The van der Waals surface area contributed by atoms with Crippen LogP contribution in [0.5, 0.6) is 5.75 Å². The predicted molar refractivity (Wildman–Crippen MR) is 305 cm³/mol. The highest BCUT2D eigenvalue weighted by atomic mass is 31.2. The maximum atomic E-state index is 15.3. The van der Waals surface area contributed by atoms with Crippen LogP contribution in [0.4, 0.5) is 0 Å². The Labute approximate surface area is 434 Å². The first-order valence-electron chi connectivity index (χ1n) is 26.8. The number of aryl methyl sites for hydroxylation is 13. The summed E-state index contributed by atoms with van der Waals surface area (Å²) >= 11 is 0. The molecule has 5 heteroatoms. The standard InChI is InChI=1S/C68H71O4P/c1-37-21-41(5)61(42(6)22-37)53-29-51(30-54(33-53)62-43(7)23-38(2)24-44(62)8)59-35-49-17-13-15-19-57(49)65-66-58-20-16-14-18-50(58)36-60(68(66)72-73(69,70)71-67(59)65)52-31-55(63-45(9)25-39(3)26-46(63)10)34-56(32-52)64-47(11)27-40(4)28-48(64)12/h21-35,60H,13-20,36H2,1-12H3,(H,69,70). The molecule has 1 heterocycles. The molecule has 4 nitrogen and oxygen atoms in total. The molecule has 372 valence electrons. The van der Waals surface area contributed by atoms with Gasteiger partial charge in [-0.2, -0.15) is 0 Å². The Morgan fingerprint density at radius 1 is 0.438 bits per heavy atom. The molecule has 0 bridgehead atoms. The van der Waals surface area contributed by atoms with E-state index >= 15 is 4.57 Å². The smallest absolute Gasteiger partial charge is 0.398 e. The second-order valence-corrected chi connectivity index (χ2v) is 23.9. The molecule has 11 rings (SSSR count). The first-order chi connectivity index (χ1) is 34.8. The van der Waals surface area contributed by atoms with Gasteiger partial charge in [0.2, 0.25) is 0 Å². The minimum atomic E-state index is -4.78. The topological polar surface area (TPSA) is 55.8 Å². The Balaban J connectivity index is 1.22. The molecule has 73 heavy (non-hydrogen) atoms. The molecule has 0 fully saturated rings. The number of phosphoric acid groups is 1. The fourth-order valence-corrected chi connectivity index (χ4v) is 15.2. The van der Waals surface area contributed by atoms with Gasteiger partial charge in [0.05, 0.1) is 0 Å². The van der Waals surface area contributed by atoms with E-state index in [0.29, 0.717) is 11.5 Å². The van der Waals surface area contributed by atoms with Crippen molar-refractivity contribution >= 4 is 13.4 Å². The van der Waals surface area contributed by atoms with E-state index in [0.717, 1.165) is 108 Å². The van der Waals surface area contributed by atoms with Crippen LogP contribution in [0.25, 0.3) is 61.2 Å². The fraction of sp³-hybridized carbons (Fsp3) is 0.324. The summed E-state index contributed by atoms with van der Waals surface area (Å²) in [5.41, 5.74) is 34.3. The van der Waals surface area contributed by atoms with Crippen molar-refractivity contribution in [1.82, 2.24) is 0 Å². The van der Waals surface area contributed by atoms with Crippen LogP contribution >= 0.6 is 7.82 Å². The Bertz CT molecular complexity index is 3370. The molecule has 0 aromatic heterocycles. The summed E-state index contributed by atoms with van der Waals surface area (Å²) in [5, 5.41) is 0. The first kappa shape index (κ1) is 49.0. The molecule has 0 spiro atoms. The van der Waals surface area contributed by atoms with E-state index in [1.165, 1.54) is 111 Å². The summed E-state index contributed by atoms with van der Waals surface area (Å²) in [6, 6.07) is 34.6. The summed E-state index contributed by atoms with van der Waals surface area (Å²) in [6.45, 7) is 26.4. The van der Waals surface area contributed by atoms with Gasteiger partial charge in [-0.25, -0.2) is 4.57 Å². The minimum absolute atomic E-state index is 0.324. The predicted octanol–water partition coefficient (Wildman–Crippen LogP) is 18.9. The highest BCUT2D eigenvalue weighted by Crippen LogP contribution is 2.63. The number of allylic oxidation sites excluding steroid dienone is 4. The molecule has 3 aliphatic carbocycles. The van der Waals surface area contributed by atoms with Crippen molar-refractivity contribution in [1.29, 1.82) is 0 Å². The van der Waals surface area contributed by atoms with Crippen molar-refractivity contribution < 1.29 is 18.5 Å². The minimum Gasteiger partial charge on any atom is -0.398 e. The van der Waals surface area contributed by atoms with Crippen LogP contribution in [0, 0.1) is 83.1 Å². The second-order valence-electron chi connectivity index (χ2n) is 22.6. The van der Waals surface area contributed by atoms with E-state index in [2.05, 4.69) is 174 Å². The third-order valence-electron chi connectivity index (χ3n) is 16.6. The molecular formula is C68H71O4P. The van der Waals surface area contributed by atoms with E-state index in [9.17, 15) is 4.89 Å². The van der Waals surface area contributed by atoms with E-state index in [4.69, 9.17) is 9.05 Å².